The molecular formula is C22H27N6O8PS. The number of H-pyrrole nitrogens is 1. The van der Waals surface area contributed by atoms with Gasteiger partial charge in [0.2, 0.25) is 5.95 Å². The molecule has 38 heavy (non-hydrogen) atoms. The van der Waals surface area contributed by atoms with Crippen LogP contribution in [0.5, 0.6) is 0 Å². The number of hydrogen-bond donors (Lipinski definition) is 5. The number of nitrogens with zero attached hydrogens (tertiary/aromatic N) is 3. The maximum Gasteiger partial charge on any atom is 0.327 e. The number of aliphatic hydroxyl groups is 2. The number of aliphatic hydroxyl groups excluding tert-OH is 1. The molecule has 2 aliphatic heterocycles. The van der Waals surface area contributed by atoms with Gasteiger partial charge in [-0.1, -0.05) is 41.7 Å². The maximum atomic E-state index is 13.2. The Morgan fingerprint density at radius 3 is 2.89 bits per heavy atom. The molecule has 0 radical (unpaired) electrons. The number of nitrogens with one attached hydrogen (secondary N) is 2. The van der Waals surface area contributed by atoms with Crippen molar-refractivity contribution in [2.45, 2.75) is 50.0 Å². The fraction of sp³-hybridized carbons (Fsp3) is 0.455. The Balaban J connectivity index is 1.23. The van der Waals surface area contributed by atoms with E-state index in [1.165, 1.54) is 17.8 Å². The van der Waals surface area contributed by atoms with Crippen LogP contribution in [0, 0.1) is 0 Å². The molecule has 1 unspecified atom stereocenters. The molecule has 0 aliphatic carbocycles. The van der Waals surface area contributed by atoms with Crippen LogP contribution in [0.3, 0.4) is 0 Å². The first kappa shape index (κ1) is 26.8. The van der Waals surface area contributed by atoms with Gasteiger partial charge in [0, 0.05) is 5.75 Å². The van der Waals surface area contributed by atoms with Crippen molar-refractivity contribution >= 4 is 41.2 Å². The second-order valence-corrected chi connectivity index (χ2v) is 13.6. The number of carbonyl (C=O) groups excluding carboxylic acids is 1. The zero-order valence-corrected chi connectivity index (χ0v) is 22.1. The average Bonchev–Trinajstić information content (AvgIpc) is 3.54. The Morgan fingerprint density at radius 1 is 1.42 bits per heavy atom. The van der Waals surface area contributed by atoms with E-state index in [1.807, 2.05) is 30.3 Å². The van der Waals surface area contributed by atoms with Crippen molar-refractivity contribution in [3.8, 4) is 0 Å². The van der Waals surface area contributed by atoms with Crippen LogP contribution in [-0.4, -0.2) is 71.9 Å². The predicted molar refractivity (Wildman–Crippen MR) is 137 cm³/mol. The third-order valence-electron chi connectivity index (χ3n) is 6.44. The standard InChI is InChI=1S/C22H27N6O8PS/c1-11(12-6-4-3-5-7-12)35-19(31)13-9-38-37(33,27-13)34-8-14-16(29)22(2,32)20(36-14)28-10-24-15-17(28)25-21(23)26-18(15)30/h3-7,10-11,13-14,16,20,29,32H,8-9H2,1-2H3,(H,27,33)(H3,23,25,26,30)/t11-,13+,14?,16+,20+,22+,37-/m0/s1. The van der Waals surface area contributed by atoms with E-state index in [9.17, 15) is 24.4 Å². The van der Waals surface area contributed by atoms with Crippen LogP contribution in [0.1, 0.15) is 31.7 Å². The van der Waals surface area contributed by atoms with E-state index in [0.29, 0.717) is 0 Å². The van der Waals surface area contributed by atoms with Crippen LogP contribution in [0.4, 0.5) is 5.95 Å². The van der Waals surface area contributed by atoms with Gasteiger partial charge < -0.3 is 29.9 Å². The number of nitrogens with two attached hydrogens (primary N) is 1. The second-order valence-electron chi connectivity index (χ2n) is 9.23. The zero-order chi connectivity index (χ0) is 27.2. The molecule has 0 saturated carbocycles. The molecule has 0 amide bonds. The molecule has 0 spiro atoms. The highest BCUT2D eigenvalue weighted by atomic mass is 32.7. The maximum absolute atomic E-state index is 13.2. The molecule has 4 heterocycles. The van der Waals surface area contributed by atoms with Gasteiger partial charge in [0.15, 0.2) is 17.4 Å². The zero-order valence-electron chi connectivity index (χ0n) is 20.4. The molecule has 204 valence electrons. The SMILES string of the molecule is C[C@H](OC(=O)[C@H]1CS[P@@](=O)(OCC2O[C@@H](n3cnc4c(=O)[nH]c(N)nc43)[C@](C)(O)[C@@H]2O)N1)c1ccccc1. The lowest BCUT2D eigenvalue weighted by Crippen LogP contribution is -2.44. The summed E-state index contributed by atoms with van der Waals surface area (Å²) in [5, 5.41) is 24.5. The third kappa shape index (κ3) is 4.98. The van der Waals surface area contributed by atoms with Gasteiger partial charge in [0.1, 0.15) is 30.0 Å². The molecular weight excluding hydrogens is 539 g/mol. The Labute approximate surface area is 220 Å². The van der Waals surface area contributed by atoms with E-state index in [0.717, 1.165) is 16.9 Å². The van der Waals surface area contributed by atoms with Crippen LogP contribution in [0.25, 0.3) is 11.2 Å². The van der Waals surface area contributed by atoms with E-state index in [2.05, 4.69) is 20.0 Å². The minimum absolute atomic E-state index is 0.0247. The van der Waals surface area contributed by atoms with Crippen LogP contribution in [-0.2, 0) is 23.4 Å². The van der Waals surface area contributed by atoms with Crippen molar-refractivity contribution in [2.75, 3.05) is 18.1 Å². The number of nitrogen functional groups attached to an aromatic ring is 1. The smallest absolute Gasteiger partial charge is 0.327 e. The predicted octanol–water partition coefficient (Wildman–Crippen LogP) is 0.845. The molecule has 3 aromatic rings. The molecule has 5 rings (SSSR count). The highest BCUT2D eigenvalue weighted by Crippen LogP contribution is 2.61. The Morgan fingerprint density at radius 2 is 2.16 bits per heavy atom. The Kier molecular flexibility index (Phi) is 7.11. The van der Waals surface area contributed by atoms with Crippen molar-refractivity contribution in [1.82, 2.24) is 24.6 Å². The first-order chi connectivity index (χ1) is 18.0. The number of imidazole rings is 1. The summed E-state index contributed by atoms with van der Waals surface area (Å²) < 4.78 is 31.5. The summed E-state index contributed by atoms with van der Waals surface area (Å²) in [7, 11) is 0. The fourth-order valence-electron chi connectivity index (χ4n) is 4.35. The Bertz CT molecular complexity index is 1450. The number of benzene rings is 1. The Hall–Kier alpha value is -2.78. The number of carbonyl (C=O) groups is 1. The summed E-state index contributed by atoms with van der Waals surface area (Å²) in [6, 6.07) is 8.37. The molecule has 2 fully saturated rings. The lowest BCUT2D eigenvalue weighted by Gasteiger charge is -2.27. The molecule has 7 atom stereocenters. The minimum Gasteiger partial charge on any atom is -0.457 e. The molecule has 0 bridgehead atoms. The lowest BCUT2D eigenvalue weighted by atomic mass is 9.96. The average molecular weight is 567 g/mol. The second kappa shape index (κ2) is 10.1. The lowest BCUT2D eigenvalue weighted by molar-refractivity contribution is -0.150. The molecule has 16 heteroatoms. The number of aromatic amines is 1. The van der Waals surface area contributed by atoms with Gasteiger partial charge in [-0.05, 0) is 19.4 Å². The number of fused-ring (bicyclic) bond motifs is 1. The van der Waals surface area contributed by atoms with Crippen LogP contribution in [0.2, 0.25) is 0 Å². The van der Waals surface area contributed by atoms with E-state index < -0.39 is 54.4 Å². The highest BCUT2D eigenvalue weighted by Gasteiger charge is 2.54. The third-order valence-corrected chi connectivity index (χ3v) is 10.5. The van der Waals surface area contributed by atoms with E-state index in [-0.39, 0.29) is 29.5 Å². The number of rotatable bonds is 7. The highest BCUT2D eigenvalue weighted by molar-refractivity contribution is 8.56. The van der Waals surface area contributed by atoms with Crippen molar-refractivity contribution < 1.29 is 33.6 Å². The van der Waals surface area contributed by atoms with Crippen molar-refractivity contribution in [3.63, 3.8) is 0 Å². The van der Waals surface area contributed by atoms with Gasteiger partial charge in [-0.15, -0.1) is 0 Å². The summed E-state index contributed by atoms with van der Waals surface area (Å²) >= 11 is 0.937. The van der Waals surface area contributed by atoms with Crippen molar-refractivity contribution in [2.24, 2.45) is 0 Å². The molecule has 2 aliphatic rings. The number of ether oxygens (including phenoxy) is 2. The molecule has 6 N–H and O–H groups in total. The van der Waals surface area contributed by atoms with Crippen molar-refractivity contribution in [3.05, 3.63) is 52.6 Å². The fourth-order valence-corrected chi connectivity index (χ4v) is 8.23. The van der Waals surface area contributed by atoms with Gasteiger partial charge in [-0.2, -0.15) is 4.98 Å². The van der Waals surface area contributed by atoms with Gasteiger partial charge in [-0.25, -0.2) is 10.1 Å². The molecule has 1 aromatic carbocycles. The summed E-state index contributed by atoms with van der Waals surface area (Å²) in [6.45, 7) is -0.825. The number of hydrogen-bond acceptors (Lipinski definition) is 12. The largest absolute Gasteiger partial charge is 0.457 e. The minimum atomic E-state index is -3.55. The van der Waals surface area contributed by atoms with E-state index in [4.69, 9.17) is 19.7 Å². The van der Waals surface area contributed by atoms with Crippen LogP contribution >= 0.6 is 18.1 Å². The summed E-state index contributed by atoms with van der Waals surface area (Å²) in [5.41, 5.74) is 4.07. The monoisotopic (exact) mass is 566 g/mol. The number of aromatic nitrogens is 4. The number of anilines is 1. The molecule has 2 aromatic heterocycles. The number of esters is 1. The van der Waals surface area contributed by atoms with Gasteiger partial charge in [0.05, 0.1) is 12.9 Å². The van der Waals surface area contributed by atoms with Gasteiger partial charge in [-0.3, -0.25) is 23.7 Å². The van der Waals surface area contributed by atoms with Gasteiger partial charge >= 0.3 is 12.7 Å². The van der Waals surface area contributed by atoms with Gasteiger partial charge in [0.25, 0.3) is 5.56 Å². The van der Waals surface area contributed by atoms with Crippen LogP contribution < -0.4 is 16.4 Å². The first-order valence-corrected chi connectivity index (χ1v) is 14.9. The topological polar surface area (TPSA) is 204 Å². The van der Waals surface area contributed by atoms with E-state index in [1.54, 1.807) is 6.92 Å². The van der Waals surface area contributed by atoms with Crippen molar-refractivity contribution in [1.29, 1.82) is 0 Å². The van der Waals surface area contributed by atoms with Crippen LogP contribution in [0.15, 0.2) is 41.5 Å². The molecule has 2 saturated heterocycles. The summed E-state index contributed by atoms with van der Waals surface area (Å²) in [6.07, 6.45) is -3.03. The first-order valence-electron chi connectivity index (χ1n) is 11.7. The quantitative estimate of drug-likeness (QED) is 0.199. The van der Waals surface area contributed by atoms with E-state index >= 15 is 0 Å². The summed E-state index contributed by atoms with van der Waals surface area (Å²) in [4.78, 5) is 35.1. The normalized spacial score (nSPS) is 32.0. The molecule has 14 nitrogen and oxygen atoms in total. The summed E-state index contributed by atoms with van der Waals surface area (Å²) in [5.74, 6) is -0.561.